The van der Waals surface area contributed by atoms with Gasteiger partial charge in [-0.1, -0.05) is 139 Å². The van der Waals surface area contributed by atoms with Gasteiger partial charge in [0.1, 0.15) is 0 Å². The van der Waals surface area contributed by atoms with Crippen LogP contribution in [0.1, 0.15) is 52.7 Å². The van der Waals surface area contributed by atoms with Crippen molar-refractivity contribution in [3.05, 3.63) is 151 Å². The van der Waals surface area contributed by atoms with Crippen LogP contribution in [0.4, 0.5) is 0 Å². The fourth-order valence-electron chi connectivity index (χ4n) is 7.45. The molecule has 0 atom stereocenters. The topological polar surface area (TPSA) is 30.7 Å². The third-order valence-electron chi connectivity index (χ3n) is 10.3. The van der Waals surface area contributed by atoms with Crippen molar-refractivity contribution in [2.24, 2.45) is 0 Å². The SMILES string of the molecule is CC(C)(C)c1ccc2c(c1)c1cc(C(C)(C)C)ccc1n2-c1ccc(-c2nc(-c3ccccc3)nc3c2sc2ccccc23)cc1-c1ccccc1. The van der Waals surface area contributed by atoms with E-state index in [1.54, 1.807) is 11.3 Å². The van der Waals surface area contributed by atoms with Gasteiger partial charge in [0.15, 0.2) is 5.82 Å². The zero-order chi connectivity index (χ0) is 35.8. The summed E-state index contributed by atoms with van der Waals surface area (Å²) in [6.45, 7) is 13.8. The average molecular weight is 692 g/mol. The number of aromatic nitrogens is 3. The lowest BCUT2D eigenvalue weighted by molar-refractivity contribution is 0.590. The number of thiophene rings is 1. The Kier molecular flexibility index (Phi) is 7.46. The first-order valence-corrected chi connectivity index (χ1v) is 18.9. The molecule has 254 valence electrons. The minimum absolute atomic E-state index is 0.0369. The van der Waals surface area contributed by atoms with Crippen LogP contribution in [-0.4, -0.2) is 14.5 Å². The summed E-state index contributed by atoms with van der Waals surface area (Å²) in [6.07, 6.45) is 0. The molecule has 3 aromatic heterocycles. The Morgan fingerprint density at radius 1 is 0.500 bits per heavy atom. The predicted molar refractivity (Wildman–Crippen MR) is 223 cm³/mol. The highest BCUT2D eigenvalue weighted by Crippen LogP contribution is 2.43. The van der Waals surface area contributed by atoms with Crippen LogP contribution in [-0.2, 0) is 10.8 Å². The Bertz CT molecular complexity index is 2720. The summed E-state index contributed by atoms with van der Waals surface area (Å²) in [4.78, 5) is 10.5. The van der Waals surface area contributed by atoms with Gasteiger partial charge in [0.2, 0.25) is 0 Å². The molecule has 0 unspecified atom stereocenters. The van der Waals surface area contributed by atoms with Crippen molar-refractivity contribution in [2.75, 3.05) is 0 Å². The van der Waals surface area contributed by atoms with Crippen molar-refractivity contribution < 1.29 is 0 Å². The smallest absolute Gasteiger partial charge is 0.160 e. The van der Waals surface area contributed by atoms with Crippen molar-refractivity contribution in [3.8, 4) is 39.5 Å². The van der Waals surface area contributed by atoms with Gasteiger partial charge in [0.25, 0.3) is 0 Å². The van der Waals surface area contributed by atoms with Gasteiger partial charge in [-0.15, -0.1) is 11.3 Å². The third-order valence-corrected chi connectivity index (χ3v) is 11.5. The first-order chi connectivity index (χ1) is 25.0. The molecule has 4 heteroatoms. The fraction of sp³-hybridized carbons (Fsp3) is 0.167. The molecule has 0 aliphatic carbocycles. The Morgan fingerprint density at radius 2 is 1.08 bits per heavy atom. The van der Waals surface area contributed by atoms with E-state index < -0.39 is 0 Å². The van der Waals surface area contributed by atoms with Gasteiger partial charge < -0.3 is 4.57 Å². The van der Waals surface area contributed by atoms with Crippen LogP contribution in [0.15, 0.2) is 140 Å². The summed E-state index contributed by atoms with van der Waals surface area (Å²) in [5.74, 6) is 0.740. The largest absolute Gasteiger partial charge is 0.309 e. The molecular weight excluding hydrogens is 651 g/mol. The van der Waals surface area contributed by atoms with Gasteiger partial charge >= 0.3 is 0 Å². The molecule has 52 heavy (non-hydrogen) atoms. The van der Waals surface area contributed by atoms with Gasteiger partial charge in [-0.05, 0) is 70.0 Å². The number of rotatable bonds is 4. The molecule has 0 radical (unpaired) electrons. The van der Waals surface area contributed by atoms with Gasteiger partial charge in [0.05, 0.1) is 32.6 Å². The zero-order valence-corrected chi connectivity index (χ0v) is 31.3. The predicted octanol–water partition coefficient (Wildman–Crippen LogP) is 13.5. The minimum atomic E-state index is 0.0369. The first kappa shape index (κ1) is 32.3. The van der Waals surface area contributed by atoms with Gasteiger partial charge in [-0.3, -0.25) is 0 Å². The van der Waals surface area contributed by atoms with E-state index in [0.717, 1.165) is 55.1 Å². The number of hydrogen-bond acceptors (Lipinski definition) is 3. The quantitative estimate of drug-likeness (QED) is 0.184. The maximum absolute atomic E-state index is 5.32. The molecule has 0 aliphatic heterocycles. The molecule has 0 bridgehead atoms. The maximum atomic E-state index is 5.32. The van der Waals surface area contributed by atoms with Crippen LogP contribution in [0.5, 0.6) is 0 Å². The molecule has 0 spiro atoms. The Labute approximate surface area is 309 Å². The lowest BCUT2D eigenvalue weighted by atomic mass is 9.85. The van der Waals surface area contributed by atoms with Gasteiger partial charge in [-0.25, -0.2) is 9.97 Å². The molecule has 3 heterocycles. The van der Waals surface area contributed by atoms with Crippen LogP contribution in [0.2, 0.25) is 0 Å². The molecule has 0 fully saturated rings. The molecule has 9 rings (SSSR count). The molecule has 0 N–H and O–H groups in total. The molecule has 0 saturated carbocycles. The fourth-order valence-corrected chi connectivity index (χ4v) is 8.60. The molecule has 0 saturated heterocycles. The second-order valence-electron chi connectivity index (χ2n) is 15.9. The number of benzene rings is 6. The van der Waals surface area contributed by atoms with E-state index >= 15 is 0 Å². The lowest BCUT2D eigenvalue weighted by Crippen LogP contribution is -2.10. The van der Waals surface area contributed by atoms with E-state index in [1.807, 2.05) is 6.07 Å². The van der Waals surface area contributed by atoms with E-state index in [2.05, 4.69) is 180 Å². The summed E-state index contributed by atoms with van der Waals surface area (Å²) >= 11 is 1.77. The number of nitrogens with zero attached hydrogens (tertiary/aromatic N) is 3. The van der Waals surface area contributed by atoms with Gasteiger partial charge in [0, 0.05) is 37.5 Å². The van der Waals surface area contributed by atoms with Crippen LogP contribution in [0.3, 0.4) is 0 Å². The maximum Gasteiger partial charge on any atom is 0.160 e. The van der Waals surface area contributed by atoms with Crippen molar-refractivity contribution in [1.82, 2.24) is 14.5 Å². The summed E-state index contributed by atoms with van der Waals surface area (Å²) in [6, 6.07) is 50.7. The third kappa shape index (κ3) is 5.41. The van der Waals surface area contributed by atoms with Crippen molar-refractivity contribution in [2.45, 2.75) is 52.4 Å². The number of fused-ring (bicyclic) bond motifs is 6. The summed E-state index contributed by atoms with van der Waals surface area (Å²) in [7, 11) is 0. The van der Waals surface area contributed by atoms with Crippen molar-refractivity contribution in [1.29, 1.82) is 0 Å². The first-order valence-electron chi connectivity index (χ1n) is 18.1. The molecule has 0 amide bonds. The van der Waals surface area contributed by atoms with E-state index in [0.29, 0.717) is 0 Å². The molecule has 3 nitrogen and oxygen atoms in total. The average Bonchev–Trinajstić information content (AvgIpc) is 3.69. The summed E-state index contributed by atoms with van der Waals surface area (Å²) < 4.78 is 4.79. The Hall–Kier alpha value is -5.58. The molecular formula is C48H41N3S. The highest BCUT2D eigenvalue weighted by Gasteiger charge is 2.23. The van der Waals surface area contributed by atoms with Crippen LogP contribution in [0, 0.1) is 0 Å². The molecule has 6 aromatic carbocycles. The second-order valence-corrected chi connectivity index (χ2v) is 17.0. The Balaban J connectivity index is 1.34. The second kappa shape index (κ2) is 12.0. The monoisotopic (exact) mass is 691 g/mol. The molecule has 0 aliphatic rings. The lowest BCUT2D eigenvalue weighted by Gasteiger charge is -2.19. The summed E-state index contributed by atoms with van der Waals surface area (Å²) in [5, 5.41) is 3.73. The summed E-state index contributed by atoms with van der Waals surface area (Å²) in [5.41, 5.74) is 12.7. The zero-order valence-electron chi connectivity index (χ0n) is 30.5. The van der Waals surface area contributed by atoms with Crippen LogP contribution >= 0.6 is 11.3 Å². The highest BCUT2D eigenvalue weighted by atomic mass is 32.1. The van der Waals surface area contributed by atoms with Crippen molar-refractivity contribution >= 4 is 53.4 Å². The van der Waals surface area contributed by atoms with Crippen LogP contribution < -0.4 is 0 Å². The normalized spacial score (nSPS) is 12.4. The Morgan fingerprint density at radius 3 is 1.69 bits per heavy atom. The van der Waals surface area contributed by atoms with E-state index in [1.165, 1.54) is 37.6 Å². The van der Waals surface area contributed by atoms with E-state index in [9.17, 15) is 0 Å². The standard InChI is InChI=1S/C48H41N3S/c1-47(2,3)33-22-25-40-37(28-33)38-29-34(48(4,5)6)23-26-41(38)51(40)39-24-21-32(27-36(39)30-15-9-7-10-16-30)43-45-44(35-19-13-14-20-42(35)52-45)50-46(49-43)31-17-11-8-12-18-31/h7-29H,1-6H3. The van der Waals surface area contributed by atoms with Crippen LogP contribution in [0.25, 0.3) is 81.6 Å². The van der Waals surface area contributed by atoms with Gasteiger partial charge in [-0.2, -0.15) is 0 Å². The van der Waals surface area contributed by atoms with Crippen molar-refractivity contribution in [3.63, 3.8) is 0 Å². The highest BCUT2D eigenvalue weighted by molar-refractivity contribution is 7.26. The number of hydrogen-bond donors (Lipinski definition) is 0. The van der Waals surface area contributed by atoms with E-state index in [4.69, 9.17) is 9.97 Å². The minimum Gasteiger partial charge on any atom is -0.309 e. The van der Waals surface area contributed by atoms with E-state index in [-0.39, 0.29) is 10.8 Å². The molecule has 9 aromatic rings.